The molecule has 2 aromatic carbocycles. The average Bonchev–Trinajstić information content (AvgIpc) is 2.65. The van der Waals surface area contributed by atoms with E-state index in [0.717, 1.165) is 5.56 Å². The van der Waals surface area contributed by atoms with Crippen molar-refractivity contribution >= 4 is 29.4 Å². The molecule has 0 saturated carbocycles. The number of halogens is 1. The Morgan fingerprint density at radius 2 is 1.65 bits per heavy atom. The quantitative estimate of drug-likeness (QED) is 0.455. The Bertz CT molecular complexity index is 761. The van der Waals surface area contributed by atoms with E-state index in [2.05, 4.69) is 5.32 Å². The van der Waals surface area contributed by atoms with Gasteiger partial charge in [-0.25, -0.2) is 9.59 Å². The Hall–Kier alpha value is -2.86. The number of rotatable bonds is 7. The summed E-state index contributed by atoms with van der Waals surface area (Å²) in [6.45, 7) is 1.69. The van der Waals surface area contributed by atoms with E-state index in [4.69, 9.17) is 21.1 Å². The summed E-state index contributed by atoms with van der Waals surface area (Å²) < 4.78 is 9.94. The van der Waals surface area contributed by atoms with Gasteiger partial charge in [0.2, 0.25) is 0 Å². The van der Waals surface area contributed by atoms with Crippen LogP contribution in [-0.2, 0) is 20.9 Å². The van der Waals surface area contributed by atoms with Gasteiger partial charge < -0.3 is 14.8 Å². The summed E-state index contributed by atoms with van der Waals surface area (Å²) >= 11 is 5.80. The number of hydrogen-bond acceptors (Lipinski definition) is 5. The van der Waals surface area contributed by atoms with Gasteiger partial charge in [-0.2, -0.15) is 0 Å². The van der Waals surface area contributed by atoms with Crippen LogP contribution in [0.1, 0.15) is 22.8 Å². The molecule has 0 aliphatic carbocycles. The first-order valence-corrected chi connectivity index (χ1v) is 8.32. The van der Waals surface area contributed by atoms with Gasteiger partial charge in [-0.15, -0.1) is 0 Å². The fourth-order valence-electron chi connectivity index (χ4n) is 2.12. The molecule has 0 aliphatic rings. The summed E-state index contributed by atoms with van der Waals surface area (Å²) in [6.07, 6.45) is -0.894. The van der Waals surface area contributed by atoms with Crippen molar-refractivity contribution in [3.05, 3.63) is 70.7 Å². The van der Waals surface area contributed by atoms with Crippen LogP contribution in [0.2, 0.25) is 5.02 Å². The van der Waals surface area contributed by atoms with Gasteiger partial charge >= 0.3 is 12.1 Å². The Morgan fingerprint density at radius 1 is 1.00 bits per heavy atom. The third kappa shape index (κ3) is 5.60. The molecule has 0 heterocycles. The molecule has 0 fully saturated rings. The highest BCUT2D eigenvalue weighted by atomic mass is 35.5. The lowest BCUT2D eigenvalue weighted by Crippen LogP contribution is -2.47. The maximum Gasteiger partial charge on any atom is 0.408 e. The zero-order chi connectivity index (χ0) is 18.9. The van der Waals surface area contributed by atoms with Crippen molar-refractivity contribution in [3.8, 4) is 0 Å². The van der Waals surface area contributed by atoms with Crippen LogP contribution in [0.3, 0.4) is 0 Å². The standard InChI is InChI=1S/C19H18ClNO5/c1-2-25-18(23)16(17(22)14-8-10-15(20)11-9-14)21-19(24)26-12-13-6-4-3-5-7-13/h3-11,16H,2,12H2,1H3,(H,21,24)/t16-/m0/s1. The second-order valence-electron chi connectivity index (χ2n) is 5.26. The van der Waals surface area contributed by atoms with Gasteiger partial charge in [-0.3, -0.25) is 4.79 Å². The van der Waals surface area contributed by atoms with Crippen molar-refractivity contribution in [2.75, 3.05) is 6.61 Å². The van der Waals surface area contributed by atoms with Crippen molar-refractivity contribution in [1.29, 1.82) is 0 Å². The lowest BCUT2D eigenvalue weighted by atomic mass is 10.0. The van der Waals surface area contributed by atoms with Gasteiger partial charge in [0.15, 0.2) is 11.8 Å². The Morgan fingerprint density at radius 3 is 2.27 bits per heavy atom. The number of alkyl carbamates (subject to hydrolysis) is 1. The SMILES string of the molecule is CCOC(=O)[C@@H](NC(=O)OCc1ccccc1)C(=O)c1ccc(Cl)cc1. The molecule has 0 radical (unpaired) electrons. The molecule has 0 aliphatic heterocycles. The molecule has 2 aromatic rings. The van der Waals surface area contributed by atoms with Crippen LogP contribution in [0.25, 0.3) is 0 Å². The van der Waals surface area contributed by atoms with Gasteiger partial charge in [-0.1, -0.05) is 41.9 Å². The summed E-state index contributed by atoms with van der Waals surface area (Å²) in [5.74, 6) is -1.47. The Labute approximate surface area is 156 Å². The van der Waals surface area contributed by atoms with Crippen molar-refractivity contribution in [3.63, 3.8) is 0 Å². The van der Waals surface area contributed by atoms with Crippen LogP contribution in [-0.4, -0.2) is 30.5 Å². The van der Waals surface area contributed by atoms with Crippen molar-refractivity contribution in [2.24, 2.45) is 0 Å². The molecule has 0 aromatic heterocycles. The Kier molecular flexibility index (Phi) is 7.17. The maximum atomic E-state index is 12.6. The van der Waals surface area contributed by atoms with Gasteiger partial charge in [-0.05, 0) is 36.8 Å². The largest absolute Gasteiger partial charge is 0.464 e. The van der Waals surface area contributed by atoms with E-state index in [1.54, 1.807) is 19.1 Å². The van der Waals surface area contributed by atoms with E-state index in [0.29, 0.717) is 5.02 Å². The molecule has 1 amide bonds. The molecule has 0 spiro atoms. The van der Waals surface area contributed by atoms with Gasteiger partial charge in [0, 0.05) is 10.6 Å². The second-order valence-corrected chi connectivity index (χ2v) is 5.70. The van der Waals surface area contributed by atoms with Crippen LogP contribution in [0.15, 0.2) is 54.6 Å². The molecule has 6 nitrogen and oxygen atoms in total. The molecule has 2 rings (SSSR count). The highest BCUT2D eigenvalue weighted by molar-refractivity contribution is 6.30. The molecule has 136 valence electrons. The van der Waals surface area contributed by atoms with E-state index >= 15 is 0 Å². The number of hydrogen-bond donors (Lipinski definition) is 1. The molecule has 0 bridgehead atoms. The van der Waals surface area contributed by atoms with Crippen molar-refractivity contribution in [1.82, 2.24) is 5.32 Å². The predicted molar refractivity (Wildman–Crippen MR) is 96.0 cm³/mol. The van der Waals surface area contributed by atoms with Crippen LogP contribution in [0, 0.1) is 0 Å². The van der Waals surface area contributed by atoms with Crippen LogP contribution in [0.4, 0.5) is 4.79 Å². The smallest absolute Gasteiger partial charge is 0.408 e. The van der Waals surface area contributed by atoms with Crippen LogP contribution in [0.5, 0.6) is 0 Å². The van der Waals surface area contributed by atoms with E-state index in [9.17, 15) is 14.4 Å². The number of ketones is 1. The molecule has 1 atom stereocenters. The number of amides is 1. The van der Waals surface area contributed by atoms with Crippen molar-refractivity contribution in [2.45, 2.75) is 19.6 Å². The summed E-state index contributed by atoms with van der Waals surface area (Å²) in [7, 11) is 0. The first-order valence-electron chi connectivity index (χ1n) is 7.95. The first-order chi connectivity index (χ1) is 12.5. The highest BCUT2D eigenvalue weighted by Gasteiger charge is 2.31. The molecule has 0 unspecified atom stereocenters. The zero-order valence-corrected chi connectivity index (χ0v) is 14.9. The first kappa shape index (κ1) is 19.5. The summed E-state index contributed by atoms with van der Waals surface area (Å²) in [4.78, 5) is 36.7. The predicted octanol–water partition coefficient (Wildman–Crippen LogP) is 3.38. The Balaban J connectivity index is 2.06. The number of ether oxygens (including phenoxy) is 2. The number of esters is 1. The third-order valence-electron chi connectivity index (χ3n) is 3.39. The molecular weight excluding hydrogens is 358 g/mol. The van der Waals surface area contributed by atoms with Gasteiger partial charge in [0.05, 0.1) is 6.61 Å². The summed E-state index contributed by atoms with van der Waals surface area (Å²) in [6, 6.07) is 13.5. The summed E-state index contributed by atoms with van der Waals surface area (Å²) in [5, 5.41) is 2.72. The van der Waals surface area contributed by atoms with Gasteiger partial charge in [0.25, 0.3) is 0 Å². The van der Waals surface area contributed by atoms with Gasteiger partial charge in [0.1, 0.15) is 6.61 Å². The fraction of sp³-hybridized carbons (Fsp3) is 0.211. The third-order valence-corrected chi connectivity index (χ3v) is 3.64. The van der Waals surface area contributed by atoms with E-state index in [-0.39, 0.29) is 18.8 Å². The van der Waals surface area contributed by atoms with E-state index < -0.39 is 23.9 Å². The second kappa shape index (κ2) is 9.58. The molecule has 1 N–H and O–H groups in total. The average molecular weight is 376 g/mol. The normalized spacial score (nSPS) is 11.3. The summed E-state index contributed by atoms with van der Waals surface area (Å²) in [5.41, 5.74) is 0.996. The number of carbonyl (C=O) groups is 3. The van der Waals surface area contributed by atoms with Crippen molar-refractivity contribution < 1.29 is 23.9 Å². The number of carbonyl (C=O) groups excluding carboxylic acids is 3. The maximum absolute atomic E-state index is 12.6. The monoisotopic (exact) mass is 375 g/mol. The van der Waals surface area contributed by atoms with E-state index in [1.807, 2.05) is 18.2 Å². The molecule has 26 heavy (non-hydrogen) atoms. The minimum absolute atomic E-state index is 0.0113. The minimum atomic E-state index is -1.50. The number of benzene rings is 2. The zero-order valence-electron chi connectivity index (χ0n) is 14.1. The molecule has 0 saturated heterocycles. The van der Waals surface area contributed by atoms with E-state index in [1.165, 1.54) is 24.3 Å². The number of Topliss-reactive ketones (excluding diaryl/α,β-unsaturated/α-hetero) is 1. The highest BCUT2D eigenvalue weighted by Crippen LogP contribution is 2.12. The van der Waals surface area contributed by atoms with Crippen LogP contribution < -0.4 is 5.32 Å². The van der Waals surface area contributed by atoms with Crippen LogP contribution >= 0.6 is 11.6 Å². The molecular formula is C19H18ClNO5. The lowest BCUT2D eigenvalue weighted by Gasteiger charge is -2.16. The fourth-order valence-corrected chi connectivity index (χ4v) is 2.25. The lowest BCUT2D eigenvalue weighted by molar-refractivity contribution is -0.144. The molecule has 7 heteroatoms. The number of nitrogens with one attached hydrogen (secondary N) is 1. The minimum Gasteiger partial charge on any atom is -0.464 e. The topological polar surface area (TPSA) is 81.7 Å².